The molecule has 84 valence electrons. The van der Waals surface area contributed by atoms with Gasteiger partial charge in [-0.3, -0.25) is 5.10 Å². The van der Waals surface area contributed by atoms with Crippen LogP contribution in [0.15, 0.2) is 12.3 Å². The van der Waals surface area contributed by atoms with Gasteiger partial charge >= 0.3 is 0 Å². The Balaban J connectivity index is 1.74. The van der Waals surface area contributed by atoms with E-state index in [1.54, 1.807) is 6.20 Å². The molecule has 0 atom stereocenters. The topological polar surface area (TPSA) is 79.6 Å². The molecule has 0 bridgehead atoms. The van der Waals surface area contributed by atoms with Crippen molar-refractivity contribution in [3.63, 3.8) is 0 Å². The number of hydrogen-bond acceptors (Lipinski definition) is 5. The van der Waals surface area contributed by atoms with Crippen LogP contribution in [0.25, 0.3) is 0 Å². The summed E-state index contributed by atoms with van der Waals surface area (Å²) in [6.07, 6.45) is 4.22. The molecule has 0 unspecified atom stereocenters. The van der Waals surface area contributed by atoms with E-state index in [4.69, 9.17) is 5.73 Å². The zero-order chi connectivity index (χ0) is 11.0. The number of nitrogens with zero attached hydrogens (tertiary/aromatic N) is 2. The molecule has 2 heterocycles. The minimum Gasteiger partial charge on any atom is -0.383 e. The zero-order valence-electron chi connectivity index (χ0n) is 8.73. The van der Waals surface area contributed by atoms with E-state index in [9.17, 15) is 0 Å². The number of aromatic nitrogens is 3. The SMILES string of the molecule is Nc1nsc(NCc2ccn[nH]2)c1C1CC1. The maximum atomic E-state index is 5.87. The van der Waals surface area contributed by atoms with E-state index >= 15 is 0 Å². The fourth-order valence-corrected chi connectivity index (χ4v) is 2.56. The van der Waals surface area contributed by atoms with Crippen LogP contribution in [-0.2, 0) is 6.54 Å². The Morgan fingerprint density at radius 2 is 2.44 bits per heavy atom. The Hall–Kier alpha value is -1.56. The van der Waals surface area contributed by atoms with Gasteiger partial charge in [0, 0.05) is 11.8 Å². The van der Waals surface area contributed by atoms with E-state index in [0.717, 1.165) is 17.2 Å². The third-order valence-electron chi connectivity index (χ3n) is 2.74. The van der Waals surface area contributed by atoms with Gasteiger partial charge in [-0.1, -0.05) is 0 Å². The summed E-state index contributed by atoms with van der Waals surface area (Å²) in [5.41, 5.74) is 8.15. The number of H-pyrrole nitrogens is 1. The van der Waals surface area contributed by atoms with Gasteiger partial charge in [0.15, 0.2) is 0 Å². The smallest absolute Gasteiger partial charge is 0.142 e. The van der Waals surface area contributed by atoms with Crippen molar-refractivity contribution >= 4 is 22.4 Å². The average Bonchev–Trinajstić information content (AvgIpc) is 2.85. The van der Waals surface area contributed by atoms with Crippen molar-refractivity contribution in [1.82, 2.24) is 14.6 Å². The van der Waals surface area contributed by atoms with Crippen LogP contribution in [0.3, 0.4) is 0 Å². The van der Waals surface area contributed by atoms with Crippen molar-refractivity contribution in [2.75, 3.05) is 11.1 Å². The molecule has 3 rings (SSSR count). The molecule has 0 spiro atoms. The quantitative estimate of drug-likeness (QED) is 0.756. The molecule has 1 fully saturated rings. The maximum Gasteiger partial charge on any atom is 0.142 e. The number of hydrogen-bond donors (Lipinski definition) is 3. The fourth-order valence-electron chi connectivity index (χ4n) is 1.76. The predicted molar refractivity (Wildman–Crippen MR) is 64.4 cm³/mol. The highest BCUT2D eigenvalue weighted by atomic mass is 32.1. The van der Waals surface area contributed by atoms with E-state index in [-0.39, 0.29) is 0 Å². The van der Waals surface area contributed by atoms with Crippen LogP contribution in [0.5, 0.6) is 0 Å². The Morgan fingerprint density at radius 3 is 3.12 bits per heavy atom. The largest absolute Gasteiger partial charge is 0.383 e. The van der Waals surface area contributed by atoms with Crippen molar-refractivity contribution in [2.24, 2.45) is 0 Å². The molecule has 4 N–H and O–H groups in total. The van der Waals surface area contributed by atoms with Gasteiger partial charge in [0.1, 0.15) is 10.8 Å². The van der Waals surface area contributed by atoms with Crippen LogP contribution in [0.4, 0.5) is 10.8 Å². The van der Waals surface area contributed by atoms with Gasteiger partial charge in [-0.2, -0.15) is 9.47 Å². The van der Waals surface area contributed by atoms with E-state index < -0.39 is 0 Å². The lowest BCUT2D eigenvalue weighted by Crippen LogP contribution is -2.01. The van der Waals surface area contributed by atoms with Gasteiger partial charge in [0.25, 0.3) is 0 Å². The average molecular weight is 235 g/mol. The lowest BCUT2D eigenvalue weighted by Gasteiger charge is -2.04. The van der Waals surface area contributed by atoms with Crippen molar-refractivity contribution in [3.8, 4) is 0 Å². The first-order chi connectivity index (χ1) is 7.84. The molecule has 6 heteroatoms. The van der Waals surface area contributed by atoms with Gasteiger partial charge in [-0.15, -0.1) is 0 Å². The second-order valence-electron chi connectivity index (χ2n) is 4.02. The zero-order valence-corrected chi connectivity index (χ0v) is 9.55. The van der Waals surface area contributed by atoms with E-state index in [0.29, 0.717) is 11.7 Å². The Kier molecular flexibility index (Phi) is 2.28. The molecule has 1 aliphatic carbocycles. The lowest BCUT2D eigenvalue weighted by atomic mass is 10.2. The summed E-state index contributed by atoms with van der Waals surface area (Å²) in [6, 6.07) is 1.95. The highest BCUT2D eigenvalue weighted by Crippen LogP contribution is 2.47. The van der Waals surface area contributed by atoms with E-state index in [1.807, 2.05) is 6.07 Å². The minimum atomic E-state index is 0.628. The number of nitrogen functional groups attached to an aromatic ring is 1. The molecule has 0 saturated heterocycles. The highest BCUT2D eigenvalue weighted by Gasteiger charge is 2.30. The highest BCUT2D eigenvalue weighted by molar-refractivity contribution is 7.10. The van der Waals surface area contributed by atoms with Crippen molar-refractivity contribution in [3.05, 3.63) is 23.5 Å². The van der Waals surface area contributed by atoms with Gasteiger partial charge in [-0.25, -0.2) is 0 Å². The normalized spacial score (nSPS) is 15.2. The van der Waals surface area contributed by atoms with E-state index in [2.05, 4.69) is 19.9 Å². The number of nitrogens with two attached hydrogens (primary N) is 1. The fraction of sp³-hybridized carbons (Fsp3) is 0.400. The summed E-state index contributed by atoms with van der Waals surface area (Å²) in [5.74, 6) is 1.32. The van der Waals surface area contributed by atoms with Crippen LogP contribution in [0.1, 0.15) is 30.0 Å². The third kappa shape index (κ3) is 1.76. The molecule has 2 aromatic rings. The van der Waals surface area contributed by atoms with Crippen LogP contribution in [0, 0.1) is 0 Å². The first kappa shape index (κ1) is 9.65. The van der Waals surface area contributed by atoms with E-state index in [1.165, 1.54) is 29.9 Å². The lowest BCUT2D eigenvalue weighted by molar-refractivity contribution is 0.980. The van der Waals surface area contributed by atoms with Crippen LogP contribution in [0.2, 0.25) is 0 Å². The summed E-state index contributed by atoms with van der Waals surface area (Å²) < 4.78 is 4.21. The molecule has 1 saturated carbocycles. The predicted octanol–water partition coefficient (Wildman–Crippen LogP) is 1.94. The molecular weight excluding hydrogens is 222 g/mol. The maximum absolute atomic E-state index is 5.87. The molecule has 0 radical (unpaired) electrons. The molecule has 5 nitrogen and oxygen atoms in total. The summed E-state index contributed by atoms with van der Waals surface area (Å²) >= 11 is 1.45. The second-order valence-corrected chi connectivity index (χ2v) is 4.79. The molecule has 16 heavy (non-hydrogen) atoms. The Morgan fingerprint density at radius 1 is 1.56 bits per heavy atom. The molecule has 0 aliphatic heterocycles. The number of anilines is 2. The summed E-state index contributed by atoms with van der Waals surface area (Å²) in [6.45, 7) is 0.737. The summed E-state index contributed by atoms with van der Waals surface area (Å²) in [5, 5.41) is 11.3. The summed E-state index contributed by atoms with van der Waals surface area (Å²) in [4.78, 5) is 0. The molecule has 0 amide bonds. The third-order valence-corrected chi connectivity index (χ3v) is 3.57. The number of aromatic amines is 1. The number of nitrogens with one attached hydrogen (secondary N) is 2. The molecular formula is C10H13N5S. The van der Waals surface area contributed by atoms with Crippen LogP contribution in [-0.4, -0.2) is 14.6 Å². The van der Waals surface area contributed by atoms with Gasteiger partial charge in [0.2, 0.25) is 0 Å². The minimum absolute atomic E-state index is 0.628. The van der Waals surface area contributed by atoms with Gasteiger partial charge < -0.3 is 11.1 Å². The monoisotopic (exact) mass is 235 g/mol. The van der Waals surface area contributed by atoms with Crippen LogP contribution < -0.4 is 11.1 Å². The van der Waals surface area contributed by atoms with Crippen molar-refractivity contribution in [1.29, 1.82) is 0 Å². The molecule has 2 aromatic heterocycles. The standard InChI is InChI=1S/C10H13N5S/c11-9-8(6-1-2-6)10(16-15-9)12-5-7-3-4-13-14-7/h3-4,6,12H,1-2,5H2,(H2,11,15)(H,13,14). The van der Waals surface area contributed by atoms with Gasteiger partial charge in [-0.05, 0) is 36.4 Å². The van der Waals surface area contributed by atoms with Crippen molar-refractivity contribution < 1.29 is 0 Å². The molecule has 1 aliphatic rings. The summed E-state index contributed by atoms with van der Waals surface area (Å²) in [7, 11) is 0. The Labute approximate surface area is 97.2 Å². The first-order valence-corrected chi connectivity index (χ1v) is 6.09. The first-order valence-electron chi connectivity index (χ1n) is 5.32. The van der Waals surface area contributed by atoms with Crippen molar-refractivity contribution in [2.45, 2.75) is 25.3 Å². The van der Waals surface area contributed by atoms with Crippen LogP contribution >= 0.6 is 11.5 Å². The second kappa shape index (κ2) is 3.79. The number of rotatable bonds is 4. The Bertz CT molecular complexity index is 471. The van der Waals surface area contributed by atoms with Gasteiger partial charge in [0.05, 0.1) is 12.2 Å². The molecule has 0 aromatic carbocycles.